The van der Waals surface area contributed by atoms with Crippen molar-refractivity contribution < 1.29 is 18.4 Å². The van der Waals surface area contributed by atoms with Gasteiger partial charge < -0.3 is 36.0 Å². The van der Waals surface area contributed by atoms with Crippen molar-refractivity contribution in [3.05, 3.63) is 146 Å². The Bertz CT molecular complexity index is 3380. The van der Waals surface area contributed by atoms with E-state index in [0.717, 1.165) is 57.4 Å². The summed E-state index contributed by atoms with van der Waals surface area (Å²) in [6, 6.07) is 25.9. The van der Waals surface area contributed by atoms with Crippen molar-refractivity contribution in [3.63, 3.8) is 0 Å². The van der Waals surface area contributed by atoms with Gasteiger partial charge in [0.15, 0.2) is 34.0 Å². The first-order valence-electron chi connectivity index (χ1n) is 24.4. The highest BCUT2D eigenvalue weighted by atomic mass is 19.1. The number of hydrogen-bond acceptors (Lipinski definition) is 14. The molecule has 4 N–H and O–H groups in total. The molecule has 2 aliphatic rings. The largest absolute Gasteiger partial charge is 0.341 e. The van der Waals surface area contributed by atoms with Crippen LogP contribution in [0.3, 0.4) is 0 Å². The lowest BCUT2D eigenvalue weighted by Gasteiger charge is -2.37. The maximum Gasteiger partial charge on any atom is 0.247 e. The first-order valence-corrected chi connectivity index (χ1v) is 24.4. The second kappa shape index (κ2) is 21.2. The minimum absolute atomic E-state index is 0.0690. The van der Waals surface area contributed by atoms with Crippen molar-refractivity contribution >= 4 is 80.4 Å². The molecule has 4 aromatic carbocycles. The fourth-order valence-corrected chi connectivity index (χ4v) is 9.55. The molecule has 0 spiro atoms. The van der Waals surface area contributed by atoms with Crippen molar-refractivity contribution in [1.82, 2.24) is 48.8 Å². The third kappa shape index (κ3) is 10.8. The summed E-state index contributed by atoms with van der Waals surface area (Å²) in [4.78, 5) is 63.1. The van der Waals surface area contributed by atoms with Crippen LogP contribution in [0.1, 0.15) is 31.2 Å². The number of likely N-dealkylation sites (tertiary alicyclic amines) is 2. The number of rotatable bonds is 16. The molecule has 0 bridgehead atoms. The molecule has 74 heavy (non-hydrogen) atoms. The van der Waals surface area contributed by atoms with E-state index in [1.54, 1.807) is 52.1 Å². The summed E-state index contributed by atoms with van der Waals surface area (Å²) >= 11 is 0. The van der Waals surface area contributed by atoms with Crippen LogP contribution < -0.4 is 31.1 Å². The molecule has 0 aliphatic carbocycles. The van der Waals surface area contributed by atoms with E-state index in [2.05, 4.69) is 66.1 Å². The molecule has 18 nitrogen and oxygen atoms in total. The van der Waals surface area contributed by atoms with Crippen LogP contribution in [0.4, 0.5) is 55.1 Å². The van der Waals surface area contributed by atoms with Crippen LogP contribution in [0.2, 0.25) is 0 Å². The number of nitrogens with zero attached hydrogens (tertiary/aromatic N) is 12. The Labute approximate surface area is 426 Å². The zero-order valence-electron chi connectivity index (χ0n) is 41.3. The van der Waals surface area contributed by atoms with Crippen LogP contribution in [0, 0.1) is 11.6 Å². The van der Waals surface area contributed by atoms with E-state index in [9.17, 15) is 18.4 Å². The Hall–Kier alpha value is -8.62. The molecule has 10 rings (SSSR count). The zero-order valence-corrected chi connectivity index (χ0v) is 41.3. The molecule has 2 aliphatic heterocycles. The molecule has 0 atom stereocenters. The maximum atomic E-state index is 14.6. The number of anilines is 8. The lowest BCUT2D eigenvalue weighted by molar-refractivity contribution is -0.112. The van der Waals surface area contributed by atoms with Crippen molar-refractivity contribution in [2.75, 3.05) is 78.4 Å². The summed E-state index contributed by atoms with van der Waals surface area (Å²) in [6.07, 6.45) is 9.17. The first kappa shape index (κ1) is 49.0. The van der Waals surface area contributed by atoms with Crippen molar-refractivity contribution in [2.45, 2.75) is 44.3 Å². The second-order valence-electron chi connectivity index (χ2n) is 18.7. The lowest BCUT2D eigenvalue weighted by atomic mass is 10.0. The highest BCUT2D eigenvalue weighted by Crippen LogP contribution is 2.33. The topological polar surface area (TPSA) is 182 Å². The molecular weight excluding hydrogens is 943 g/mol. The number of nitrogens with one attached hydrogen (secondary N) is 4. The number of carbonyl (C=O) groups is 2. The van der Waals surface area contributed by atoms with Gasteiger partial charge in [0.25, 0.3) is 0 Å². The van der Waals surface area contributed by atoms with E-state index in [-0.39, 0.29) is 35.5 Å². The number of halogens is 2. The lowest BCUT2D eigenvalue weighted by Crippen LogP contribution is -2.43. The van der Waals surface area contributed by atoms with E-state index < -0.39 is 0 Å². The molecule has 8 aromatic rings. The average molecular weight is 999 g/mol. The molecular formula is C54H56F2N16O2. The number of hydrogen-bond donors (Lipinski definition) is 4. The summed E-state index contributed by atoms with van der Waals surface area (Å²) in [7, 11) is 6.12. The van der Waals surface area contributed by atoms with E-state index in [4.69, 9.17) is 24.9 Å². The van der Waals surface area contributed by atoms with E-state index >= 15 is 0 Å². The highest BCUT2D eigenvalue weighted by Gasteiger charge is 2.28. The van der Waals surface area contributed by atoms with E-state index in [1.165, 1.54) is 36.4 Å². The van der Waals surface area contributed by atoms with Gasteiger partial charge in [0, 0.05) is 68.6 Å². The first-order chi connectivity index (χ1) is 35.9. The predicted octanol–water partition coefficient (Wildman–Crippen LogP) is 8.59. The summed E-state index contributed by atoms with van der Waals surface area (Å²) in [5.41, 5.74) is 6.67. The number of aromatic nitrogens is 8. The predicted molar refractivity (Wildman–Crippen MR) is 286 cm³/mol. The van der Waals surface area contributed by atoms with Crippen LogP contribution >= 0.6 is 0 Å². The molecule has 20 heteroatoms. The van der Waals surface area contributed by atoms with Crippen LogP contribution in [0.25, 0.3) is 33.7 Å². The number of fused-ring (bicyclic) bond motifs is 2. The summed E-state index contributed by atoms with van der Waals surface area (Å²) < 4.78 is 32.6. The van der Waals surface area contributed by atoms with Crippen LogP contribution in [-0.2, 0) is 16.1 Å². The molecule has 0 saturated carbocycles. The van der Waals surface area contributed by atoms with E-state index in [0.29, 0.717) is 86.5 Å². The molecule has 2 amide bonds. The minimum atomic E-state index is -0.385. The van der Waals surface area contributed by atoms with Gasteiger partial charge in [-0.05, 0) is 142 Å². The third-order valence-corrected chi connectivity index (χ3v) is 13.6. The number of imidazole rings is 2. The van der Waals surface area contributed by atoms with E-state index in [1.807, 2.05) is 50.5 Å². The minimum Gasteiger partial charge on any atom is -0.341 e. The van der Waals surface area contributed by atoms with Gasteiger partial charge in [0.05, 0.1) is 11.4 Å². The molecule has 0 unspecified atom stereocenters. The van der Waals surface area contributed by atoms with Gasteiger partial charge in [-0.15, -0.1) is 0 Å². The zero-order chi connectivity index (χ0) is 51.5. The highest BCUT2D eigenvalue weighted by molar-refractivity contribution is 6.00. The Morgan fingerprint density at radius 2 is 1.09 bits per heavy atom. The normalized spacial score (nSPS) is 14.7. The van der Waals surface area contributed by atoms with Gasteiger partial charge in [0.1, 0.15) is 24.3 Å². The van der Waals surface area contributed by atoms with Gasteiger partial charge in [-0.3, -0.25) is 23.6 Å². The number of piperidine rings is 2. The fourth-order valence-electron chi connectivity index (χ4n) is 9.55. The Morgan fingerprint density at radius 1 is 0.622 bits per heavy atom. The van der Waals surface area contributed by atoms with Crippen molar-refractivity contribution in [3.8, 4) is 11.4 Å². The SMILES string of the molecule is C=CC(=O)Nc1ccc(Nc2nc(N(C)C3CCN(Cc4cc(NC(=O)C=C)cc(Nc5nc(N(C)C6CCN(C)CC6)nc6c5ncn6-c5cccc(F)c5)c4)CC3)nc3c2ncn3-c2cccc(F)c2)cc1. The average Bonchev–Trinajstić information content (AvgIpc) is 4.05. The summed E-state index contributed by atoms with van der Waals surface area (Å²) in [5.74, 6) is 0.483. The Kier molecular flexibility index (Phi) is 14.1. The smallest absolute Gasteiger partial charge is 0.247 e. The number of benzene rings is 4. The van der Waals surface area contributed by atoms with Gasteiger partial charge in [-0.25, -0.2) is 18.7 Å². The van der Waals surface area contributed by atoms with Gasteiger partial charge in [0.2, 0.25) is 23.7 Å². The fraction of sp³-hybridized carbons (Fsp3) is 0.259. The molecule has 2 fully saturated rings. The molecule has 0 radical (unpaired) electrons. The van der Waals surface area contributed by atoms with Crippen LogP contribution in [0.15, 0.2) is 129 Å². The quantitative estimate of drug-likeness (QED) is 0.0676. The van der Waals surface area contributed by atoms with Gasteiger partial charge in [-0.1, -0.05) is 25.3 Å². The van der Waals surface area contributed by atoms with Crippen LogP contribution in [0.5, 0.6) is 0 Å². The Morgan fingerprint density at radius 3 is 1.61 bits per heavy atom. The molecule has 4 aromatic heterocycles. The monoisotopic (exact) mass is 998 g/mol. The van der Waals surface area contributed by atoms with Gasteiger partial charge >= 0.3 is 0 Å². The second-order valence-corrected chi connectivity index (χ2v) is 18.7. The third-order valence-electron chi connectivity index (χ3n) is 13.6. The number of carbonyl (C=O) groups excluding carboxylic acids is 2. The van der Waals surface area contributed by atoms with Gasteiger partial charge in [-0.2, -0.15) is 19.9 Å². The Balaban J connectivity index is 0.903. The van der Waals surface area contributed by atoms with Crippen molar-refractivity contribution in [2.24, 2.45) is 0 Å². The molecule has 6 heterocycles. The van der Waals surface area contributed by atoms with Crippen molar-refractivity contribution in [1.29, 1.82) is 0 Å². The van der Waals surface area contributed by atoms with Crippen LogP contribution in [-0.4, -0.2) is 120 Å². The standard InChI is InChI=1S/C54H56F2N16O2/c1-6-45(73)59-37-14-16-38(17-15-37)61-49-47-51(71(32-57-47)43-12-8-10-35(55)28-43)65-53(63-49)69(5)42-20-24-70(25-21-42)31-34-26-39(60-46(74)7-2)30-40(27-34)62-50-48-52(72(33-58-48)44-13-9-11-36(56)29-44)66-54(64-50)68(4)41-18-22-67(3)23-19-41/h6-17,26-30,32-33,41-42H,1-2,18-25,31H2,3-5H3,(H,59,73)(H,60,74)(H,61,63,65)(H,62,64,66). The number of amides is 2. The molecule has 378 valence electrons. The molecule has 2 saturated heterocycles. The maximum absolute atomic E-state index is 14.6. The summed E-state index contributed by atoms with van der Waals surface area (Å²) in [6.45, 7) is 11.2. The summed E-state index contributed by atoms with van der Waals surface area (Å²) in [5, 5.41) is 12.6.